The Morgan fingerprint density at radius 3 is 2.46 bits per heavy atom. The largest absolute Gasteiger partial charge is 0.491 e. The van der Waals surface area contributed by atoms with Gasteiger partial charge in [0, 0.05) is 31.9 Å². The molecule has 0 aliphatic carbocycles. The molecule has 0 amide bonds. The molecular formula is C18H26O6. The first kappa shape index (κ1) is 20.0. The van der Waals surface area contributed by atoms with Crippen LogP contribution in [0.3, 0.4) is 0 Å². The van der Waals surface area contributed by atoms with Crippen molar-refractivity contribution in [3.63, 3.8) is 0 Å². The lowest BCUT2D eigenvalue weighted by atomic mass is 10.1. The molecule has 0 unspecified atom stereocenters. The summed E-state index contributed by atoms with van der Waals surface area (Å²) in [6.07, 6.45) is 3.00. The number of benzene rings is 1. The van der Waals surface area contributed by atoms with Crippen molar-refractivity contribution in [2.75, 3.05) is 34.2 Å². The molecule has 24 heavy (non-hydrogen) atoms. The summed E-state index contributed by atoms with van der Waals surface area (Å²) in [7, 11) is 3.15. The Balaban J connectivity index is 2.85. The van der Waals surface area contributed by atoms with E-state index < -0.39 is 11.6 Å². The van der Waals surface area contributed by atoms with Gasteiger partial charge in [-0.2, -0.15) is 0 Å². The predicted molar refractivity (Wildman–Crippen MR) is 91.2 cm³/mol. The van der Waals surface area contributed by atoms with Gasteiger partial charge in [-0.1, -0.05) is 0 Å². The molecule has 0 aliphatic rings. The molecule has 0 spiro atoms. The minimum absolute atomic E-state index is 0.0921. The van der Waals surface area contributed by atoms with Gasteiger partial charge in [0.25, 0.3) is 0 Å². The number of methoxy groups -OCH3 is 2. The molecule has 0 atom stereocenters. The maximum absolute atomic E-state index is 11.8. The van der Waals surface area contributed by atoms with Crippen LogP contribution in [0.25, 0.3) is 6.08 Å². The number of hydrogen-bond acceptors (Lipinski definition) is 6. The molecule has 6 heteroatoms. The van der Waals surface area contributed by atoms with Gasteiger partial charge in [-0.15, -0.1) is 0 Å². The van der Waals surface area contributed by atoms with Crippen LogP contribution in [0.4, 0.5) is 0 Å². The average molecular weight is 338 g/mol. The number of carbonyl (C=O) groups is 1. The first-order valence-corrected chi connectivity index (χ1v) is 7.64. The fourth-order valence-electron chi connectivity index (χ4n) is 1.73. The van der Waals surface area contributed by atoms with Gasteiger partial charge in [-0.25, -0.2) is 4.79 Å². The normalized spacial score (nSPS) is 11.5. The van der Waals surface area contributed by atoms with Crippen molar-refractivity contribution < 1.29 is 28.5 Å². The molecule has 0 radical (unpaired) electrons. The quantitative estimate of drug-likeness (QED) is 0.298. The Hall–Kier alpha value is -2.05. The molecule has 0 N–H and O–H groups in total. The van der Waals surface area contributed by atoms with Crippen LogP contribution in [0.5, 0.6) is 11.5 Å². The van der Waals surface area contributed by atoms with Crippen molar-refractivity contribution in [2.24, 2.45) is 0 Å². The third kappa shape index (κ3) is 7.99. The predicted octanol–water partition coefficient (Wildman–Crippen LogP) is 3.05. The van der Waals surface area contributed by atoms with E-state index in [0.717, 1.165) is 5.56 Å². The number of rotatable bonds is 9. The molecule has 0 heterocycles. The highest BCUT2D eigenvalue weighted by atomic mass is 16.7. The average Bonchev–Trinajstić information content (AvgIpc) is 2.50. The Morgan fingerprint density at radius 1 is 1.08 bits per heavy atom. The third-order valence-electron chi connectivity index (χ3n) is 2.68. The molecule has 1 rings (SSSR count). The van der Waals surface area contributed by atoms with Gasteiger partial charge in [0.15, 0.2) is 6.79 Å². The fourth-order valence-corrected chi connectivity index (χ4v) is 1.73. The monoisotopic (exact) mass is 338 g/mol. The summed E-state index contributed by atoms with van der Waals surface area (Å²) in [5.74, 6) is 0.778. The zero-order valence-electron chi connectivity index (χ0n) is 15.0. The smallest absolute Gasteiger partial charge is 0.331 e. The van der Waals surface area contributed by atoms with Crippen LogP contribution >= 0.6 is 0 Å². The second-order valence-electron chi connectivity index (χ2n) is 5.96. The summed E-state index contributed by atoms with van der Waals surface area (Å²) in [5, 5.41) is 0. The minimum Gasteiger partial charge on any atom is -0.491 e. The standard InChI is InChI=1S/C18H26O6/c1-18(2,3)24-17(19)9-7-14-6-8-15(22-11-10-20-4)12-16(14)23-13-21-5/h6-9,12H,10-11,13H2,1-5H3/b9-7+. The van der Waals surface area contributed by atoms with E-state index in [9.17, 15) is 4.79 Å². The van der Waals surface area contributed by atoms with Crippen molar-refractivity contribution in [2.45, 2.75) is 26.4 Å². The van der Waals surface area contributed by atoms with Crippen LogP contribution < -0.4 is 9.47 Å². The highest BCUT2D eigenvalue weighted by molar-refractivity contribution is 5.87. The fraction of sp³-hybridized carbons (Fsp3) is 0.500. The van der Waals surface area contributed by atoms with Gasteiger partial charge in [0.1, 0.15) is 23.7 Å². The molecule has 0 fully saturated rings. The van der Waals surface area contributed by atoms with Gasteiger partial charge in [0.05, 0.1) is 6.61 Å². The highest BCUT2D eigenvalue weighted by Crippen LogP contribution is 2.26. The van der Waals surface area contributed by atoms with Crippen LogP contribution in [-0.2, 0) is 19.0 Å². The molecule has 134 valence electrons. The van der Waals surface area contributed by atoms with E-state index in [1.807, 2.05) is 20.8 Å². The van der Waals surface area contributed by atoms with E-state index in [2.05, 4.69) is 0 Å². The van der Waals surface area contributed by atoms with Crippen LogP contribution in [0.15, 0.2) is 24.3 Å². The first-order chi connectivity index (χ1) is 11.4. The molecule has 0 saturated heterocycles. The van der Waals surface area contributed by atoms with Gasteiger partial charge in [-0.05, 0) is 39.0 Å². The van der Waals surface area contributed by atoms with E-state index >= 15 is 0 Å². The summed E-state index contributed by atoms with van der Waals surface area (Å²) in [5.41, 5.74) is 0.188. The van der Waals surface area contributed by atoms with Crippen molar-refractivity contribution in [1.29, 1.82) is 0 Å². The second-order valence-corrected chi connectivity index (χ2v) is 5.96. The Bertz CT molecular complexity index is 545. The van der Waals surface area contributed by atoms with Crippen LogP contribution in [-0.4, -0.2) is 45.8 Å². The summed E-state index contributed by atoms with van der Waals surface area (Å²) >= 11 is 0. The number of carbonyl (C=O) groups excluding carboxylic acids is 1. The third-order valence-corrected chi connectivity index (χ3v) is 2.68. The van der Waals surface area contributed by atoms with E-state index in [0.29, 0.717) is 24.7 Å². The van der Waals surface area contributed by atoms with E-state index in [1.165, 1.54) is 13.2 Å². The molecule has 0 aromatic heterocycles. The van der Waals surface area contributed by atoms with Crippen molar-refractivity contribution in [1.82, 2.24) is 0 Å². The topological polar surface area (TPSA) is 63.2 Å². The molecule has 1 aromatic carbocycles. The van der Waals surface area contributed by atoms with E-state index in [1.54, 1.807) is 31.4 Å². The van der Waals surface area contributed by atoms with Crippen molar-refractivity contribution in [3.8, 4) is 11.5 Å². The Morgan fingerprint density at radius 2 is 1.83 bits per heavy atom. The zero-order chi connectivity index (χ0) is 18.0. The summed E-state index contributed by atoms with van der Waals surface area (Å²) < 4.78 is 26.2. The molecular weight excluding hydrogens is 312 g/mol. The van der Waals surface area contributed by atoms with Gasteiger partial charge < -0.3 is 23.7 Å². The number of ether oxygens (including phenoxy) is 5. The van der Waals surface area contributed by atoms with Crippen molar-refractivity contribution >= 4 is 12.0 Å². The van der Waals surface area contributed by atoms with Crippen LogP contribution in [0.1, 0.15) is 26.3 Å². The lowest BCUT2D eigenvalue weighted by Gasteiger charge is -2.18. The summed E-state index contributed by atoms with van der Waals surface area (Å²) in [6, 6.07) is 5.33. The lowest BCUT2D eigenvalue weighted by molar-refractivity contribution is -0.148. The first-order valence-electron chi connectivity index (χ1n) is 7.64. The van der Waals surface area contributed by atoms with E-state index in [-0.39, 0.29) is 6.79 Å². The lowest BCUT2D eigenvalue weighted by Crippen LogP contribution is -2.22. The Kier molecular flexibility index (Phi) is 8.29. The maximum atomic E-state index is 11.8. The van der Waals surface area contributed by atoms with Crippen LogP contribution in [0.2, 0.25) is 0 Å². The van der Waals surface area contributed by atoms with Gasteiger partial charge in [0.2, 0.25) is 0 Å². The summed E-state index contributed by atoms with van der Waals surface area (Å²) in [4.78, 5) is 11.8. The molecule has 0 bridgehead atoms. The highest BCUT2D eigenvalue weighted by Gasteiger charge is 2.14. The Labute approximate surface area is 143 Å². The van der Waals surface area contributed by atoms with Crippen LogP contribution in [0, 0.1) is 0 Å². The zero-order valence-corrected chi connectivity index (χ0v) is 15.0. The SMILES string of the molecule is COCCOc1ccc(/C=C/C(=O)OC(C)(C)C)c(OCOC)c1. The van der Waals surface area contributed by atoms with Gasteiger partial charge >= 0.3 is 5.97 Å². The van der Waals surface area contributed by atoms with Gasteiger partial charge in [-0.3, -0.25) is 0 Å². The van der Waals surface area contributed by atoms with Crippen molar-refractivity contribution in [3.05, 3.63) is 29.8 Å². The maximum Gasteiger partial charge on any atom is 0.331 e. The summed E-state index contributed by atoms with van der Waals surface area (Å²) in [6.45, 7) is 6.48. The molecule has 1 aromatic rings. The number of esters is 1. The number of hydrogen-bond donors (Lipinski definition) is 0. The molecule has 0 saturated carbocycles. The minimum atomic E-state index is -0.532. The molecule has 0 aliphatic heterocycles. The molecule has 6 nitrogen and oxygen atoms in total. The van der Waals surface area contributed by atoms with E-state index in [4.69, 9.17) is 23.7 Å². The second kappa shape index (κ2) is 9.95.